The van der Waals surface area contributed by atoms with Crippen LogP contribution >= 0.6 is 0 Å². The Labute approximate surface area is 112 Å². The molecule has 0 radical (unpaired) electrons. The number of hydrogen-bond acceptors (Lipinski definition) is 4. The molecule has 0 aliphatic carbocycles. The monoisotopic (exact) mass is 281 g/mol. The first kappa shape index (κ1) is 13.7. The van der Waals surface area contributed by atoms with Gasteiger partial charge in [-0.15, -0.1) is 0 Å². The van der Waals surface area contributed by atoms with Gasteiger partial charge in [0.15, 0.2) is 9.84 Å². The molecule has 1 aliphatic rings. The van der Waals surface area contributed by atoms with E-state index in [0.717, 1.165) is 6.26 Å². The molecule has 6 heteroatoms. The van der Waals surface area contributed by atoms with Crippen LogP contribution in [0.4, 0.5) is 0 Å². The molecule has 0 bridgehead atoms. The van der Waals surface area contributed by atoms with E-state index >= 15 is 0 Å². The number of ketones is 1. The zero-order valence-corrected chi connectivity index (χ0v) is 11.4. The second-order valence-corrected chi connectivity index (χ2v) is 6.65. The van der Waals surface area contributed by atoms with Crippen LogP contribution in [0.2, 0.25) is 0 Å². The van der Waals surface area contributed by atoms with Crippen LogP contribution in [-0.4, -0.2) is 44.4 Å². The highest BCUT2D eigenvalue weighted by Crippen LogP contribution is 2.15. The van der Waals surface area contributed by atoms with Gasteiger partial charge in [-0.05, 0) is 18.2 Å². The zero-order valence-electron chi connectivity index (χ0n) is 10.6. The first-order valence-corrected chi connectivity index (χ1v) is 7.88. The number of sulfone groups is 1. The Morgan fingerprint density at radius 1 is 1.21 bits per heavy atom. The van der Waals surface area contributed by atoms with Crippen molar-refractivity contribution >= 4 is 21.5 Å². The summed E-state index contributed by atoms with van der Waals surface area (Å²) in [6.45, 7) is 0.807. The molecule has 1 heterocycles. The summed E-state index contributed by atoms with van der Waals surface area (Å²) in [5.41, 5.74) is 0.345. The fourth-order valence-corrected chi connectivity index (χ4v) is 2.67. The predicted octanol–water partition coefficient (Wildman–Crippen LogP) is 0.895. The first-order chi connectivity index (χ1) is 8.88. The molecular formula is C13H15NO4S. The van der Waals surface area contributed by atoms with Gasteiger partial charge in [-0.2, -0.15) is 0 Å². The third-order valence-corrected chi connectivity index (χ3v) is 4.23. The molecule has 1 aliphatic heterocycles. The molecule has 1 aromatic rings. The number of amides is 1. The summed E-state index contributed by atoms with van der Waals surface area (Å²) in [5.74, 6) is -0.0630. The maximum Gasteiger partial charge on any atom is 0.253 e. The lowest BCUT2D eigenvalue weighted by molar-refractivity contribution is -0.120. The van der Waals surface area contributed by atoms with E-state index in [0.29, 0.717) is 31.5 Å². The molecule has 5 nitrogen and oxygen atoms in total. The van der Waals surface area contributed by atoms with Gasteiger partial charge in [0.25, 0.3) is 5.91 Å². The van der Waals surface area contributed by atoms with Gasteiger partial charge in [-0.25, -0.2) is 8.42 Å². The maximum absolute atomic E-state index is 12.2. The molecule has 2 rings (SSSR count). The second-order valence-electron chi connectivity index (χ2n) is 4.63. The number of rotatable bonds is 2. The quantitative estimate of drug-likeness (QED) is 0.807. The van der Waals surface area contributed by atoms with Crippen LogP contribution in [0, 0.1) is 0 Å². The summed E-state index contributed by atoms with van der Waals surface area (Å²) in [6.07, 6.45) is 1.85. The van der Waals surface area contributed by atoms with Crippen molar-refractivity contribution in [1.82, 2.24) is 4.90 Å². The summed E-state index contributed by atoms with van der Waals surface area (Å²) >= 11 is 0. The fraction of sp³-hybridized carbons (Fsp3) is 0.385. The molecule has 0 atom stereocenters. The van der Waals surface area contributed by atoms with Gasteiger partial charge < -0.3 is 4.90 Å². The van der Waals surface area contributed by atoms with Crippen LogP contribution in [0.1, 0.15) is 23.2 Å². The largest absolute Gasteiger partial charge is 0.338 e. The number of likely N-dealkylation sites (tertiary alicyclic amines) is 1. The molecule has 1 saturated heterocycles. The third kappa shape index (κ3) is 3.20. The smallest absolute Gasteiger partial charge is 0.253 e. The van der Waals surface area contributed by atoms with Crippen LogP contribution in [0.25, 0.3) is 0 Å². The lowest BCUT2D eigenvalue weighted by Gasteiger charge is -2.26. The van der Waals surface area contributed by atoms with Gasteiger partial charge in [0.2, 0.25) is 0 Å². The Morgan fingerprint density at radius 2 is 1.84 bits per heavy atom. The predicted molar refractivity (Wildman–Crippen MR) is 69.7 cm³/mol. The van der Waals surface area contributed by atoms with E-state index < -0.39 is 9.84 Å². The molecule has 0 N–H and O–H groups in total. The van der Waals surface area contributed by atoms with E-state index in [1.165, 1.54) is 12.1 Å². The van der Waals surface area contributed by atoms with E-state index in [1.54, 1.807) is 17.0 Å². The van der Waals surface area contributed by atoms with Crippen molar-refractivity contribution in [3.8, 4) is 0 Å². The lowest BCUT2D eigenvalue weighted by Crippen LogP contribution is -2.38. The van der Waals surface area contributed by atoms with Gasteiger partial charge in [0.1, 0.15) is 5.78 Å². The van der Waals surface area contributed by atoms with Gasteiger partial charge in [0, 0.05) is 37.8 Å². The summed E-state index contributed by atoms with van der Waals surface area (Å²) in [5, 5.41) is 0. The van der Waals surface area contributed by atoms with Crippen LogP contribution in [0.15, 0.2) is 29.2 Å². The SMILES string of the molecule is CS(=O)(=O)c1cccc(C(=O)N2CCC(=O)CC2)c1. The van der Waals surface area contributed by atoms with E-state index in [4.69, 9.17) is 0 Å². The molecule has 0 aromatic heterocycles. The van der Waals surface area contributed by atoms with Crippen LogP contribution in [-0.2, 0) is 14.6 Å². The third-order valence-electron chi connectivity index (χ3n) is 3.12. The average molecular weight is 281 g/mol. The van der Waals surface area contributed by atoms with E-state index in [-0.39, 0.29) is 16.6 Å². The molecule has 1 aromatic carbocycles. The summed E-state index contributed by atoms with van der Waals surface area (Å²) in [6, 6.07) is 5.99. The summed E-state index contributed by atoms with van der Waals surface area (Å²) in [7, 11) is -3.32. The van der Waals surface area contributed by atoms with Crippen LogP contribution in [0.5, 0.6) is 0 Å². The highest BCUT2D eigenvalue weighted by Gasteiger charge is 2.22. The van der Waals surface area contributed by atoms with Crippen molar-refractivity contribution in [1.29, 1.82) is 0 Å². The minimum atomic E-state index is -3.32. The molecule has 19 heavy (non-hydrogen) atoms. The normalized spacial score (nSPS) is 16.5. The molecular weight excluding hydrogens is 266 g/mol. The minimum Gasteiger partial charge on any atom is -0.338 e. The van der Waals surface area contributed by atoms with Gasteiger partial charge in [-0.3, -0.25) is 9.59 Å². The van der Waals surface area contributed by atoms with Crippen LogP contribution in [0.3, 0.4) is 0 Å². The molecule has 0 unspecified atom stereocenters. The molecule has 1 fully saturated rings. The number of benzene rings is 1. The average Bonchev–Trinajstić information content (AvgIpc) is 2.38. The van der Waals surface area contributed by atoms with Crippen molar-refractivity contribution in [2.75, 3.05) is 19.3 Å². The second kappa shape index (κ2) is 5.13. The highest BCUT2D eigenvalue weighted by atomic mass is 32.2. The molecule has 102 valence electrons. The Morgan fingerprint density at radius 3 is 2.42 bits per heavy atom. The number of hydrogen-bond donors (Lipinski definition) is 0. The van der Waals surface area contributed by atoms with Crippen molar-refractivity contribution < 1.29 is 18.0 Å². The Hall–Kier alpha value is -1.69. The van der Waals surface area contributed by atoms with Gasteiger partial charge in [0.05, 0.1) is 4.90 Å². The van der Waals surface area contributed by atoms with E-state index in [9.17, 15) is 18.0 Å². The summed E-state index contributed by atoms with van der Waals surface area (Å²) in [4.78, 5) is 25.1. The van der Waals surface area contributed by atoms with E-state index in [2.05, 4.69) is 0 Å². The number of nitrogens with zero attached hydrogens (tertiary/aromatic N) is 1. The summed E-state index contributed by atoms with van der Waals surface area (Å²) < 4.78 is 22.9. The number of piperidine rings is 1. The maximum atomic E-state index is 12.2. The van der Waals surface area contributed by atoms with Gasteiger partial charge >= 0.3 is 0 Å². The van der Waals surface area contributed by atoms with E-state index in [1.807, 2.05) is 0 Å². The number of carbonyl (C=O) groups excluding carboxylic acids is 2. The van der Waals surface area contributed by atoms with Crippen molar-refractivity contribution in [3.63, 3.8) is 0 Å². The molecule has 0 spiro atoms. The molecule has 0 saturated carbocycles. The lowest BCUT2D eigenvalue weighted by atomic mass is 10.1. The fourth-order valence-electron chi connectivity index (χ4n) is 2.00. The number of carbonyl (C=O) groups is 2. The van der Waals surface area contributed by atoms with Crippen molar-refractivity contribution in [3.05, 3.63) is 29.8 Å². The standard InChI is InChI=1S/C13H15NO4S/c1-19(17,18)12-4-2-3-10(9-12)13(16)14-7-5-11(15)6-8-14/h2-4,9H,5-8H2,1H3. The van der Waals surface area contributed by atoms with Crippen molar-refractivity contribution in [2.45, 2.75) is 17.7 Å². The van der Waals surface area contributed by atoms with Crippen LogP contribution < -0.4 is 0 Å². The minimum absolute atomic E-state index is 0.131. The molecule has 1 amide bonds. The Kier molecular flexibility index (Phi) is 3.71. The van der Waals surface area contributed by atoms with Gasteiger partial charge in [-0.1, -0.05) is 6.07 Å². The number of Topliss-reactive ketones (excluding diaryl/α,β-unsaturated/α-hetero) is 1. The van der Waals surface area contributed by atoms with Crippen molar-refractivity contribution in [2.24, 2.45) is 0 Å². The topological polar surface area (TPSA) is 71.5 Å². The Bertz CT molecular complexity index is 611. The first-order valence-electron chi connectivity index (χ1n) is 5.99. The highest BCUT2D eigenvalue weighted by molar-refractivity contribution is 7.90. The Balaban J connectivity index is 2.22. The zero-order chi connectivity index (χ0) is 14.0.